The highest BCUT2D eigenvalue weighted by Crippen LogP contribution is 2.26. The number of carboxylic acid groups (broad SMARTS) is 1. The Morgan fingerprint density at radius 2 is 2.17 bits per heavy atom. The van der Waals surface area contributed by atoms with Gasteiger partial charge in [-0.1, -0.05) is 0 Å². The first kappa shape index (κ1) is 9.22. The van der Waals surface area contributed by atoms with Crippen molar-refractivity contribution in [1.82, 2.24) is 0 Å². The average Bonchev–Trinajstić information content (AvgIpc) is 2.28. The van der Waals surface area contributed by atoms with Crippen LogP contribution >= 0.6 is 11.3 Å². The second-order valence-electron chi connectivity index (χ2n) is 2.61. The molecule has 1 aromatic rings. The number of carboxylic acids is 1. The third-order valence-electron chi connectivity index (χ3n) is 1.61. The van der Waals surface area contributed by atoms with Gasteiger partial charge in [0.2, 0.25) is 0 Å². The molecule has 1 heterocycles. The molecule has 1 rings (SSSR count). The zero-order valence-electron chi connectivity index (χ0n) is 6.87. The number of rotatable bonds is 2. The summed E-state index contributed by atoms with van der Waals surface area (Å²) in [5.41, 5.74) is 0.505. The minimum atomic E-state index is -1.38. The van der Waals surface area contributed by atoms with Crippen LogP contribution < -0.4 is 0 Å². The van der Waals surface area contributed by atoms with E-state index in [1.807, 2.05) is 6.92 Å². The first-order valence-corrected chi connectivity index (χ1v) is 4.32. The average molecular weight is 186 g/mol. The van der Waals surface area contributed by atoms with Crippen LogP contribution in [0.15, 0.2) is 6.07 Å². The van der Waals surface area contributed by atoms with Crippen LogP contribution in [0.2, 0.25) is 0 Å². The van der Waals surface area contributed by atoms with Crippen LogP contribution in [0.4, 0.5) is 0 Å². The minimum absolute atomic E-state index is 0.505. The van der Waals surface area contributed by atoms with Crippen LogP contribution in [0.5, 0.6) is 0 Å². The lowest BCUT2D eigenvalue weighted by atomic mass is 10.1. The third-order valence-corrected chi connectivity index (χ3v) is 2.59. The van der Waals surface area contributed by atoms with Crippen molar-refractivity contribution in [3.05, 3.63) is 21.4 Å². The summed E-state index contributed by atoms with van der Waals surface area (Å²) in [5, 5.41) is 17.7. The highest BCUT2D eigenvalue weighted by Gasteiger charge is 2.19. The molecule has 0 aliphatic carbocycles. The van der Waals surface area contributed by atoms with E-state index in [0.29, 0.717) is 5.56 Å². The van der Waals surface area contributed by atoms with Gasteiger partial charge < -0.3 is 10.2 Å². The van der Waals surface area contributed by atoms with Crippen molar-refractivity contribution >= 4 is 17.3 Å². The minimum Gasteiger partial charge on any atom is -0.479 e. The number of hydrogen-bond acceptors (Lipinski definition) is 3. The van der Waals surface area contributed by atoms with E-state index in [0.717, 1.165) is 9.75 Å². The van der Waals surface area contributed by atoms with Gasteiger partial charge in [-0.3, -0.25) is 0 Å². The second-order valence-corrected chi connectivity index (χ2v) is 4.07. The van der Waals surface area contributed by atoms with Gasteiger partial charge in [0.25, 0.3) is 0 Å². The maximum Gasteiger partial charge on any atom is 0.337 e. The fourth-order valence-corrected chi connectivity index (χ4v) is 2.01. The van der Waals surface area contributed by atoms with E-state index in [-0.39, 0.29) is 0 Å². The summed E-state index contributed by atoms with van der Waals surface area (Å²) in [6.07, 6.45) is -1.38. The molecule has 0 amide bonds. The van der Waals surface area contributed by atoms with Gasteiger partial charge in [0.1, 0.15) is 0 Å². The van der Waals surface area contributed by atoms with Crippen LogP contribution in [0.3, 0.4) is 0 Å². The van der Waals surface area contributed by atoms with Gasteiger partial charge in [-0.25, -0.2) is 4.79 Å². The number of aliphatic hydroxyl groups is 1. The number of carbonyl (C=O) groups is 1. The van der Waals surface area contributed by atoms with Gasteiger partial charge in [0.05, 0.1) is 0 Å². The quantitative estimate of drug-likeness (QED) is 0.735. The van der Waals surface area contributed by atoms with E-state index in [2.05, 4.69) is 0 Å². The molecule has 1 unspecified atom stereocenters. The van der Waals surface area contributed by atoms with Crippen molar-refractivity contribution in [2.75, 3.05) is 0 Å². The Kier molecular flexibility index (Phi) is 2.49. The zero-order valence-corrected chi connectivity index (χ0v) is 7.68. The van der Waals surface area contributed by atoms with Crippen molar-refractivity contribution in [2.45, 2.75) is 20.0 Å². The predicted octanol–water partition coefficient (Wildman–Crippen LogP) is 1.48. The molecule has 0 aliphatic heterocycles. The first-order valence-electron chi connectivity index (χ1n) is 3.50. The Hall–Kier alpha value is -0.870. The maximum atomic E-state index is 10.4. The lowest BCUT2D eigenvalue weighted by molar-refractivity contribution is -0.146. The van der Waals surface area contributed by atoms with Crippen LogP contribution in [0, 0.1) is 13.8 Å². The Morgan fingerprint density at radius 3 is 2.50 bits per heavy atom. The summed E-state index contributed by atoms with van der Waals surface area (Å²) in [6.45, 7) is 3.69. The molecule has 0 saturated heterocycles. The maximum absolute atomic E-state index is 10.4. The van der Waals surface area contributed by atoms with Gasteiger partial charge in [0, 0.05) is 15.3 Å². The van der Waals surface area contributed by atoms with Crippen molar-refractivity contribution in [3.63, 3.8) is 0 Å². The molecule has 4 heteroatoms. The molecule has 12 heavy (non-hydrogen) atoms. The van der Waals surface area contributed by atoms with Gasteiger partial charge >= 0.3 is 5.97 Å². The molecular formula is C8H10O3S. The van der Waals surface area contributed by atoms with Crippen molar-refractivity contribution in [2.24, 2.45) is 0 Å². The molecular weight excluding hydrogens is 176 g/mol. The fraction of sp³-hybridized carbons (Fsp3) is 0.375. The lowest BCUT2D eigenvalue weighted by Gasteiger charge is -2.02. The third kappa shape index (κ3) is 1.65. The van der Waals surface area contributed by atoms with Crippen molar-refractivity contribution in [1.29, 1.82) is 0 Å². The molecule has 1 aromatic heterocycles. The largest absolute Gasteiger partial charge is 0.479 e. The zero-order chi connectivity index (χ0) is 9.30. The van der Waals surface area contributed by atoms with Crippen LogP contribution in [-0.2, 0) is 4.79 Å². The molecule has 0 aromatic carbocycles. The molecule has 0 fully saturated rings. The van der Waals surface area contributed by atoms with Crippen LogP contribution in [0.25, 0.3) is 0 Å². The van der Waals surface area contributed by atoms with Gasteiger partial charge in [0.15, 0.2) is 6.10 Å². The molecule has 0 radical (unpaired) electrons. The lowest BCUT2D eigenvalue weighted by Crippen LogP contribution is -2.10. The van der Waals surface area contributed by atoms with E-state index in [9.17, 15) is 9.90 Å². The SMILES string of the molecule is Cc1cc(C(O)C(=O)O)c(C)s1. The number of aliphatic hydroxyl groups excluding tert-OH is 1. The predicted molar refractivity (Wildman–Crippen MR) is 46.4 cm³/mol. The second kappa shape index (κ2) is 3.25. The summed E-state index contributed by atoms with van der Waals surface area (Å²) >= 11 is 1.49. The topological polar surface area (TPSA) is 57.5 Å². The van der Waals surface area contributed by atoms with Crippen LogP contribution in [0.1, 0.15) is 21.4 Å². The monoisotopic (exact) mass is 186 g/mol. The smallest absolute Gasteiger partial charge is 0.337 e. The first-order chi connectivity index (χ1) is 5.52. The molecule has 2 N–H and O–H groups in total. The van der Waals surface area contributed by atoms with Crippen LogP contribution in [-0.4, -0.2) is 16.2 Å². The molecule has 66 valence electrons. The van der Waals surface area contributed by atoms with Gasteiger partial charge in [-0.2, -0.15) is 0 Å². The normalized spacial score (nSPS) is 12.9. The van der Waals surface area contributed by atoms with E-state index in [1.54, 1.807) is 13.0 Å². The Bertz CT molecular complexity index is 303. The molecule has 3 nitrogen and oxygen atoms in total. The summed E-state index contributed by atoms with van der Waals surface area (Å²) in [7, 11) is 0. The number of aryl methyl sites for hydroxylation is 2. The Balaban J connectivity index is 3.02. The van der Waals surface area contributed by atoms with Crippen molar-refractivity contribution in [3.8, 4) is 0 Å². The van der Waals surface area contributed by atoms with E-state index >= 15 is 0 Å². The summed E-state index contributed by atoms with van der Waals surface area (Å²) < 4.78 is 0. The van der Waals surface area contributed by atoms with E-state index in [1.165, 1.54) is 11.3 Å². The summed E-state index contributed by atoms with van der Waals surface area (Å²) in [5.74, 6) is -1.20. The van der Waals surface area contributed by atoms with Gasteiger partial charge in [-0.05, 0) is 19.9 Å². The molecule has 1 atom stereocenters. The standard InChI is InChI=1S/C8H10O3S/c1-4-3-6(5(2)12-4)7(9)8(10)11/h3,7,9H,1-2H3,(H,10,11). The molecule has 0 saturated carbocycles. The Morgan fingerprint density at radius 1 is 1.58 bits per heavy atom. The molecule has 0 spiro atoms. The van der Waals surface area contributed by atoms with Gasteiger partial charge in [-0.15, -0.1) is 11.3 Å². The summed E-state index contributed by atoms with van der Waals surface area (Å²) in [4.78, 5) is 12.3. The highest BCUT2D eigenvalue weighted by molar-refractivity contribution is 7.12. The molecule has 0 aliphatic rings. The number of hydrogen-bond donors (Lipinski definition) is 2. The van der Waals surface area contributed by atoms with E-state index < -0.39 is 12.1 Å². The molecule has 0 bridgehead atoms. The van der Waals surface area contributed by atoms with E-state index in [4.69, 9.17) is 5.11 Å². The summed E-state index contributed by atoms with van der Waals surface area (Å²) in [6, 6.07) is 1.71. The Labute approximate surface area is 74.3 Å². The number of aliphatic carboxylic acids is 1. The van der Waals surface area contributed by atoms with Crippen molar-refractivity contribution < 1.29 is 15.0 Å². The number of thiophene rings is 1. The fourth-order valence-electron chi connectivity index (χ4n) is 1.05. The highest BCUT2D eigenvalue weighted by atomic mass is 32.1.